The molecule has 4 aliphatic heterocycles. The van der Waals surface area contributed by atoms with E-state index >= 15 is 0 Å². The van der Waals surface area contributed by atoms with E-state index < -0.39 is 6.61 Å². The predicted octanol–water partition coefficient (Wildman–Crippen LogP) is 4.03. The summed E-state index contributed by atoms with van der Waals surface area (Å²) in [5, 5.41) is 0. The Kier molecular flexibility index (Phi) is 5.96. The maximum atomic E-state index is 12.3. The van der Waals surface area contributed by atoms with Crippen molar-refractivity contribution in [3.63, 3.8) is 0 Å². The summed E-state index contributed by atoms with van der Waals surface area (Å²) in [7, 11) is 0. The molecule has 30 heavy (non-hydrogen) atoms. The lowest BCUT2D eigenvalue weighted by Gasteiger charge is -2.38. The molecule has 0 saturated carbocycles. The van der Waals surface area contributed by atoms with Crippen molar-refractivity contribution in [2.75, 3.05) is 46.0 Å². The highest BCUT2D eigenvalue weighted by Gasteiger charge is 2.49. The maximum Gasteiger partial charge on any atom is 0.387 e. The van der Waals surface area contributed by atoms with Crippen LogP contribution in [-0.4, -0.2) is 73.5 Å². The Balaban J connectivity index is 1.10. The number of likely N-dealkylation sites (tertiary alicyclic amines) is 1. The lowest BCUT2D eigenvalue weighted by molar-refractivity contribution is -0.0498. The highest BCUT2D eigenvalue weighted by atomic mass is 32.2. The van der Waals surface area contributed by atoms with E-state index in [-0.39, 0.29) is 11.4 Å². The van der Waals surface area contributed by atoms with Crippen LogP contribution < -0.4 is 4.74 Å². The standard InChI is InChI=1S/C22H30F2N2O3S/c23-20(24)29-18-1-3-19(4-2-18)30-26-10-6-22(7-11-26)13-17(14-28-22)25-9-5-21(15-25)8-12-27-16-21/h1-4,17,20H,5-16H2. The normalized spacial score (nSPS) is 32.0. The van der Waals surface area contributed by atoms with Gasteiger partial charge in [-0.05, 0) is 74.9 Å². The summed E-state index contributed by atoms with van der Waals surface area (Å²) in [5.41, 5.74) is 0.435. The fourth-order valence-electron chi connectivity index (χ4n) is 5.47. The zero-order valence-electron chi connectivity index (χ0n) is 17.2. The van der Waals surface area contributed by atoms with Gasteiger partial charge in [0.05, 0.1) is 18.8 Å². The van der Waals surface area contributed by atoms with Crippen LogP contribution >= 0.6 is 11.9 Å². The second-order valence-electron chi connectivity index (χ2n) is 9.25. The molecule has 4 saturated heterocycles. The molecule has 2 spiro atoms. The number of benzene rings is 1. The molecule has 1 aromatic rings. The molecule has 166 valence electrons. The van der Waals surface area contributed by atoms with E-state index in [9.17, 15) is 8.78 Å². The van der Waals surface area contributed by atoms with Crippen LogP contribution in [0, 0.1) is 5.41 Å². The average molecular weight is 441 g/mol. The average Bonchev–Trinajstić information content (AvgIpc) is 3.47. The second-order valence-corrected chi connectivity index (χ2v) is 10.4. The van der Waals surface area contributed by atoms with Crippen molar-refractivity contribution in [1.82, 2.24) is 9.21 Å². The smallest absolute Gasteiger partial charge is 0.387 e. The zero-order valence-corrected chi connectivity index (χ0v) is 18.0. The quantitative estimate of drug-likeness (QED) is 0.643. The highest BCUT2D eigenvalue weighted by Crippen LogP contribution is 2.44. The molecule has 0 radical (unpaired) electrons. The van der Waals surface area contributed by atoms with Crippen molar-refractivity contribution in [1.29, 1.82) is 0 Å². The van der Waals surface area contributed by atoms with Gasteiger partial charge in [0.15, 0.2) is 0 Å². The Morgan fingerprint density at radius 1 is 1.07 bits per heavy atom. The van der Waals surface area contributed by atoms with Crippen molar-refractivity contribution in [3.8, 4) is 5.75 Å². The Bertz CT molecular complexity index is 722. The van der Waals surface area contributed by atoms with Crippen LogP contribution in [0.1, 0.15) is 32.1 Å². The first-order chi connectivity index (χ1) is 14.5. The van der Waals surface area contributed by atoms with Crippen LogP contribution in [-0.2, 0) is 9.47 Å². The molecule has 1 aromatic carbocycles. The molecule has 5 nitrogen and oxygen atoms in total. The molecule has 5 rings (SSSR count). The van der Waals surface area contributed by atoms with Gasteiger partial charge in [-0.25, -0.2) is 4.31 Å². The number of nitrogens with zero attached hydrogens (tertiary/aromatic N) is 2. The molecule has 4 aliphatic rings. The summed E-state index contributed by atoms with van der Waals surface area (Å²) in [6, 6.07) is 7.42. The summed E-state index contributed by atoms with van der Waals surface area (Å²) in [4.78, 5) is 3.70. The summed E-state index contributed by atoms with van der Waals surface area (Å²) in [5.74, 6) is 0.199. The molecule has 0 N–H and O–H groups in total. The van der Waals surface area contributed by atoms with E-state index in [0.29, 0.717) is 11.5 Å². The fourth-order valence-corrected chi connectivity index (χ4v) is 6.39. The minimum absolute atomic E-state index is 0.0264. The monoisotopic (exact) mass is 440 g/mol. The number of alkyl halides is 2. The van der Waals surface area contributed by atoms with Crippen molar-refractivity contribution in [2.24, 2.45) is 5.41 Å². The van der Waals surface area contributed by atoms with E-state index in [1.165, 1.54) is 25.9 Å². The van der Waals surface area contributed by atoms with Gasteiger partial charge >= 0.3 is 6.61 Å². The van der Waals surface area contributed by atoms with Crippen molar-refractivity contribution in [2.45, 2.75) is 55.3 Å². The summed E-state index contributed by atoms with van der Waals surface area (Å²) in [6.45, 7) is 4.24. The Morgan fingerprint density at radius 2 is 1.87 bits per heavy atom. The fraction of sp³-hybridized carbons (Fsp3) is 0.727. The molecule has 2 atom stereocenters. The minimum Gasteiger partial charge on any atom is -0.435 e. The van der Waals surface area contributed by atoms with E-state index in [1.54, 1.807) is 24.1 Å². The van der Waals surface area contributed by atoms with Crippen molar-refractivity contribution >= 4 is 11.9 Å². The number of piperidine rings is 1. The van der Waals surface area contributed by atoms with Crippen molar-refractivity contribution < 1.29 is 23.0 Å². The molecule has 0 bridgehead atoms. The topological polar surface area (TPSA) is 34.2 Å². The van der Waals surface area contributed by atoms with Crippen molar-refractivity contribution in [3.05, 3.63) is 24.3 Å². The number of hydrogen-bond donors (Lipinski definition) is 0. The van der Waals surface area contributed by atoms with Gasteiger partial charge in [-0.1, -0.05) is 0 Å². The van der Waals surface area contributed by atoms with E-state index in [4.69, 9.17) is 9.47 Å². The number of rotatable bonds is 5. The molecule has 2 unspecified atom stereocenters. The molecule has 8 heteroatoms. The molecular weight excluding hydrogens is 410 g/mol. The molecule has 4 heterocycles. The van der Waals surface area contributed by atoms with Crippen LogP contribution in [0.25, 0.3) is 0 Å². The molecule has 0 amide bonds. The van der Waals surface area contributed by atoms with Crippen LogP contribution in [0.2, 0.25) is 0 Å². The summed E-state index contributed by atoms with van der Waals surface area (Å²) in [6.07, 6.45) is 5.71. The number of ether oxygens (including phenoxy) is 3. The Labute approximate surface area is 181 Å². The molecule has 0 aromatic heterocycles. The molecule has 0 aliphatic carbocycles. The Morgan fingerprint density at radius 3 is 2.57 bits per heavy atom. The van der Waals surface area contributed by atoms with Crippen LogP contribution in [0.15, 0.2) is 29.2 Å². The third kappa shape index (κ3) is 4.48. The second kappa shape index (κ2) is 8.54. The largest absolute Gasteiger partial charge is 0.435 e. The summed E-state index contributed by atoms with van der Waals surface area (Å²) < 4.78 is 43.4. The maximum absolute atomic E-state index is 12.3. The van der Waals surface area contributed by atoms with Gasteiger partial charge in [0.1, 0.15) is 5.75 Å². The van der Waals surface area contributed by atoms with Crippen LogP contribution in [0.4, 0.5) is 8.78 Å². The SMILES string of the molecule is FC(F)Oc1ccc(SN2CCC3(CC2)CC(N2CCC4(CCOC4)C2)CO3)cc1. The van der Waals surface area contributed by atoms with E-state index in [2.05, 4.69) is 13.9 Å². The number of hydrogen-bond acceptors (Lipinski definition) is 6. The predicted molar refractivity (Wildman–Crippen MR) is 111 cm³/mol. The Hall–Kier alpha value is -0.930. The van der Waals surface area contributed by atoms with Crippen LogP contribution in [0.3, 0.4) is 0 Å². The first-order valence-corrected chi connectivity index (χ1v) is 11.7. The third-order valence-corrected chi connectivity index (χ3v) is 8.38. The van der Waals surface area contributed by atoms with Gasteiger partial charge in [-0.3, -0.25) is 4.90 Å². The molecule has 4 fully saturated rings. The first kappa shape index (κ1) is 20.9. The van der Waals surface area contributed by atoms with Gasteiger partial charge in [0.2, 0.25) is 0 Å². The lowest BCUT2D eigenvalue weighted by atomic mass is 9.86. The highest BCUT2D eigenvalue weighted by molar-refractivity contribution is 7.97. The minimum atomic E-state index is -2.78. The number of halogens is 2. The van der Waals surface area contributed by atoms with Gasteiger partial charge in [-0.15, -0.1) is 0 Å². The van der Waals surface area contributed by atoms with E-state index in [1.807, 2.05) is 12.1 Å². The summed E-state index contributed by atoms with van der Waals surface area (Å²) >= 11 is 1.68. The zero-order chi connectivity index (χ0) is 20.6. The van der Waals surface area contributed by atoms with Gasteiger partial charge in [0, 0.05) is 42.6 Å². The van der Waals surface area contributed by atoms with Gasteiger partial charge in [0.25, 0.3) is 0 Å². The molecular formula is C22H30F2N2O3S. The first-order valence-electron chi connectivity index (χ1n) is 11.0. The lowest BCUT2D eigenvalue weighted by Crippen LogP contribution is -2.43. The van der Waals surface area contributed by atoms with E-state index in [0.717, 1.165) is 57.1 Å². The van der Waals surface area contributed by atoms with Gasteiger partial charge in [-0.2, -0.15) is 8.78 Å². The van der Waals surface area contributed by atoms with Crippen LogP contribution in [0.5, 0.6) is 5.75 Å². The third-order valence-electron chi connectivity index (χ3n) is 7.28. The van der Waals surface area contributed by atoms with Gasteiger partial charge < -0.3 is 14.2 Å².